The number of aromatic nitrogens is 1. The maximum absolute atomic E-state index is 11.7. The molecule has 2 rings (SSSR count). The molecule has 16 heavy (non-hydrogen) atoms. The lowest BCUT2D eigenvalue weighted by Gasteiger charge is -2.02. The number of fused-ring (bicyclic) bond motifs is 1. The summed E-state index contributed by atoms with van der Waals surface area (Å²) in [5.74, 6) is -0.207. The molecular weight excluding hydrogens is 248 g/mol. The Morgan fingerprint density at radius 2 is 2.31 bits per heavy atom. The zero-order valence-electron chi connectivity index (χ0n) is 8.49. The van der Waals surface area contributed by atoms with Crippen LogP contribution in [0.25, 0.3) is 10.2 Å². The third-order valence-corrected chi connectivity index (χ3v) is 3.41. The Morgan fingerprint density at radius 3 is 3.00 bits per heavy atom. The number of likely N-dealkylation sites (N-methyl/N-ethyl adjacent to an activating group) is 1. The minimum Gasteiger partial charge on any atom is -0.358 e. The van der Waals surface area contributed by atoms with Gasteiger partial charge in [-0.1, -0.05) is 22.9 Å². The molecule has 0 fully saturated rings. The van der Waals surface area contributed by atoms with Crippen molar-refractivity contribution in [1.29, 1.82) is 0 Å². The standard InChI is InChI=1S/C10H9ClN2O2S/c1-12-9(14)5-13-7-4-6(11)2-3-8(7)16-10(13)15/h2-4H,5H2,1H3,(H,12,14). The fourth-order valence-corrected chi connectivity index (χ4v) is 2.44. The average Bonchev–Trinajstić information content (AvgIpc) is 2.55. The fraction of sp³-hybridized carbons (Fsp3) is 0.200. The zero-order chi connectivity index (χ0) is 11.7. The van der Waals surface area contributed by atoms with Gasteiger partial charge in [0.25, 0.3) is 0 Å². The van der Waals surface area contributed by atoms with Crippen molar-refractivity contribution in [3.05, 3.63) is 32.9 Å². The van der Waals surface area contributed by atoms with Gasteiger partial charge in [0.1, 0.15) is 6.54 Å². The first-order valence-electron chi connectivity index (χ1n) is 4.61. The summed E-state index contributed by atoms with van der Waals surface area (Å²) in [5, 5.41) is 3.03. The lowest BCUT2D eigenvalue weighted by atomic mass is 10.3. The molecule has 0 saturated carbocycles. The van der Waals surface area contributed by atoms with Gasteiger partial charge in [-0.25, -0.2) is 0 Å². The monoisotopic (exact) mass is 256 g/mol. The van der Waals surface area contributed by atoms with E-state index in [-0.39, 0.29) is 17.3 Å². The second kappa shape index (κ2) is 4.27. The van der Waals surface area contributed by atoms with Crippen LogP contribution in [0.2, 0.25) is 5.02 Å². The molecule has 1 aromatic heterocycles. The first-order chi connectivity index (χ1) is 7.61. The summed E-state index contributed by atoms with van der Waals surface area (Å²) in [5.41, 5.74) is 0.700. The topological polar surface area (TPSA) is 51.1 Å². The Bertz CT molecular complexity index is 602. The summed E-state index contributed by atoms with van der Waals surface area (Å²) < 4.78 is 2.25. The largest absolute Gasteiger partial charge is 0.358 e. The van der Waals surface area contributed by atoms with E-state index in [4.69, 9.17) is 11.6 Å². The molecule has 0 radical (unpaired) electrons. The number of carbonyl (C=O) groups excluding carboxylic acids is 1. The number of nitrogens with one attached hydrogen (secondary N) is 1. The van der Waals surface area contributed by atoms with Gasteiger partial charge in [0.2, 0.25) is 5.91 Å². The number of rotatable bonds is 2. The van der Waals surface area contributed by atoms with Gasteiger partial charge in [-0.05, 0) is 18.2 Å². The highest BCUT2D eigenvalue weighted by Gasteiger charge is 2.10. The van der Waals surface area contributed by atoms with E-state index >= 15 is 0 Å². The van der Waals surface area contributed by atoms with Gasteiger partial charge in [0, 0.05) is 12.1 Å². The summed E-state index contributed by atoms with van der Waals surface area (Å²) in [6, 6.07) is 5.20. The minimum absolute atomic E-state index is 0.0235. The van der Waals surface area contributed by atoms with Crippen molar-refractivity contribution in [2.75, 3.05) is 7.05 Å². The number of nitrogens with zero attached hydrogens (tertiary/aromatic N) is 1. The number of benzene rings is 1. The minimum atomic E-state index is -0.207. The van der Waals surface area contributed by atoms with E-state index < -0.39 is 0 Å². The Hall–Kier alpha value is -1.33. The van der Waals surface area contributed by atoms with Gasteiger partial charge < -0.3 is 5.32 Å². The number of halogens is 1. The highest BCUT2D eigenvalue weighted by molar-refractivity contribution is 7.16. The van der Waals surface area contributed by atoms with Crippen molar-refractivity contribution in [3.8, 4) is 0 Å². The summed E-state index contributed by atoms with van der Waals surface area (Å²) >= 11 is 6.97. The van der Waals surface area contributed by atoms with Crippen LogP contribution in [0.4, 0.5) is 0 Å². The van der Waals surface area contributed by atoms with E-state index in [0.717, 1.165) is 16.0 Å². The highest BCUT2D eigenvalue weighted by Crippen LogP contribution is 2.21. The predicted molar refractivity (Wildman–Crippen MR) is 65.2 cm³/mol. The van der Waals surface area contributed by atoms with E-state index in [9.17, 15) is 9.59 Å². The molecule has 0 atom stereocenters. The summed E-state index contributed by atoms with van der Waals surface area (Å²) in [6.45, 7) is 0.0235. The third kappa shape index (κ3) is 1.96. The number of hydrogen-bond donors (Lipinski definition) is 1. The van der Waals surface area contributed by atoms with Crippen LogP contribution in [0.15, 0.2) is 23.0 Å². The molecule has 84 valence electrons. The summed E-state index contributed by atoms with van der Waals surface area (Å²) in [7, 11) is 1.54. The smallest absolute Gasteiger partial charge is 0.308 e. The van der Waals surface area contributed by atoms with Gasteiger partial charge >= 0.3 is 4.87 Å². The number of carbonyl (C=O) groups is 1. The zero-order valence-corrected chi connectivity index (χ0v) is 10.1. The molecule has 1 N–H and O–H groups in total. The summed E-state index contributed by atoms with van der Waals surface area (Å²) in [4.78, 5) is 22.8. The Balaban J connectivity index is 2.58. The second-order valence-electron chi connectivity index (χ2n) is 3.24. The fourth-order valence-electron chi connectivity index (χ4n) is 1.41. The van der Waals surface area contributed by atoms with E-state index in [1.807, 2.05) is 0 Å². The molecule has 1 aromatic carbocycles. The predicted octanol–water partition coefficient (Wildman–Crippen LogP) is 1.46. The molecule has 0 aliphatic heterocycles. The lowest BCUT2D eigenvalue weighted by molar-refractivity contribution is -0.121. The van der Waals surface area contributed by atoms with Gasteiger partial charge in [-0.15, -0.1) is 0 Å². The Morgan fingerprint density at radius 1 is 1.56 bits per heavy atom. The van der Waals surface area contributed by atoms with Crippen molar-refractivity contribution in [1.82, 2.24) is 9.88 Å². The van der Waals surface area contributed by atoms with Gasteiger partial charge in [-0.2, -0.15) is 0 Å². The van der Waals surface area contributed by atoms with Crippen LogP contribution in [0.3, 0.4) is 0 Å². The SMILES string of the molecule is CNC(=O)Cn1c(=O)sc2ccc(Cl)cc21. The normalized spacial score (nSPS) is 10.6. The van der Waals surface area contributed by atoms with E-state index in [2.05, 4.69) is 5.32 Å². The molecular formula is C10H9ClN2O2S. The molecule has 1 amide bonds. The van der Waals surface area contributed by atoms with Crippen LogP contribution in [-0.2, 0) is 11.3 Å². The van der Waals surface area contributed by atoms with Crippen LogP contribution in [0.1, 0.15) is 0 Å². The third-order valence-electron chi connectivity index (χ3n) is 2.21. The molecule has 0 unspecified atom stereocenters. The van der Waals surface area contributed by atoms with E-state index in [0.29, 0.717) is 10.5 Å². The maximum Gasteiger partial charge on any atom is 0.308 e. The average molecular weight is 257 g/mol. The highest BCUT2D eigenvalue weighted by atomic mass is 35.5. The number of hydrogen-bond acceptors (Lipinski definition) is 3. The van der Waals surface area contributed by atoms with Crippen molar-refractivity contribution in [2.24, 2.45) is 0 Å². The first-order valence-corrected chi connectivity index (χ1v) is 5.80. The summed E-state index contributed by atoms with van der Waals surface area (Å²) in [6.07, 6.45) is 0. The van der Waals surface area contributed by atoms with Crippen molar-refractivity contribution < 1.29 is 4.79 Å². The van der Waals surface area contributed by atoms with Gasteiger partial charge in [0.15, 0.2) is 0 Å². The van der Waals surface area contributed by atoms with Crippen LogP contribution < -0.4 is 10.2 Å². The van der Waals surface area contributed by atoms with E-state index in [1.54, 1.807) is 18.2 Å². The molecule has 1 heterocycles. The van der Waals surface area contributed by atoms with Crippen LogP contribution in [-0.4, -0.2) is 17.5 Å². The molecule has 0 saturated heterocycles. The lowest BCUT2D eigenvalue weighted by Crippen LogP contribution is -2.27. The van der Waals surface area contributed by atoms with Gasteiger partial charge in [-0.3, -0.25) is 14.2 Å². The number of amides is 1. The number of thiazole rings is 1. The maximum atomic E-state index is 11.7. The molecule has 2 aromatic rings. The first kappa shape index (κ1) is 11.2. The van der Waals surface area contributed by atoms with E-state index in [1.165, 1.54) is 11.6 Å². The van der Waals surface area contributed by atoms with Crippen LogP contribution in [0.5, 0.6) is 0 Å². The molecule has 6 heteroatoms. The Labute approximate surface area is 100 Å². The molecule has 0 aliphatic rings. The molecule has 0 spiro atoms. The van der Waals surface area contributed by atoms with Crippen molar-refractivity contribution in [2.45, 2.75) is 6.54 Å². The second-order valence-corrected chi connectivity index (χ2v) is 4.67. The molecule has 0 aliphatic carbocycles. The van der Waals surface area contributed by atoms with Crippen molar-refractivity contribution in [3.63, 3.8) is 0 Å². The molecule has 4 nitrogen and oxygen atoms in total. The van der Waals surface area contributed by atoms with Gasteiger partial charge in [0.05, 0.1) is 10.2 Å². The van der Waals surface area contributed by atoms with Crippen molar-refractivity contribution >= 4 is 39.1 Å². The van der Waals surface area contributed by atoms with Crippen LogP contribution in [0, 0.1) is 0 Å². The molecule has 0 bridgehead atoms. The Kier molecular flexibility index (Phi) is 2.98. The quantitative estimate of drug-likeness (QED) is 0.885. The van der Waals surface area contributed by atoms with Crippen LogP contribution >= 0.6 is 22.9 Å².